The number of benzene rings is 1. The third-order valence-electron chi connectivity index (χ3n) is 3.39. The second-order valence-electron chi connectivity index (χ2n) is 4.74. The second kappa shape index (κ2) is 6.06. The van der Waals surface area contributed by atoms with Crippen molar-refractivity contribution in [2.24, 2.45) is 0 Å². The first-order chi connectivity index (χ1) is 9.09. The molecular weight excluding hydrogens is 264 g/mol. The molecule has 5 heteroatoms. The lowest BCUT2D eigenvalue weighted by Crippen LogP contribution is -2.41. The van der Waals surface area contributed by atoms with Crippen LogP contribution in [-0.2, 0) is 4.79 Å². The van der Waals surface area contributed by atoms with Crippen molar-refractivity contribution in [3.8, 4) is 0 Å². The zero-order valence-corrected chi connectivity index (χ0v) is 11.6. The summed E-state index contributed by atoms with van der Waals surface area (Å²) in [6.07, 6.45) is 2.07. The van der Waals surface area contributed by atoms with Gasteiger partial charge in [-0.3, -0.25) is 9.59 Å². The van der Waals surface area contributed by atoms with Crippen molar-refractivity contribution < 1.29 is 9.59 Å². The quantitative estimate of drug-likeness (QED) is 0.922. The van der Waals surface area contributed by atoms with Gasteiger partial charge in [0.1, 0.15) is 0 Å². The van der Waals surface area contributed by atoms with E-state index in [4.69, 9.17) is 11.6 Å². The Kier molecular flexibility index (Phi) is 4.43. The lowest BCUT2D eigenvalue weighted by molar-refractivity contribution is -0.130. The summed E-state index contributed by atoms with van der Waals surface area (Å²) in [6.45, 7) is 2.83. The summed E-state index contributed by atoms with van der Waals surface area (Å²) >= 11 is 5.93. The fourth-order valence-electron chi connectivity index (χ4n) is 2.30. The van der Waals surface area contributed by atoms with Crippen molar-refractivity contribution >= 4 is 23.4 Å². The molecule has 0 saturated carbocycles. The molecule has 1 saturated heterocycles. The van der Waals surface area contributed by atoms with Crippen molar-refractivity contribution in [1.29, 1.82) is 0 Å². The monoisotopic (exact) mass is 280 g/mol. The van der Waals surface area contributed by atoms with E-state index in [9.17, 15) is 9.59 Å². The normalized spacial score (nSPS) is 18.4. The van der Waals surface area contributed by atoms with Gasteiger partial charge in [-0.05, 0) is 31.9 Å². The maximum Gasteiger partial charge on any atom is 0.253 e. The van der Waals surface area contributed by atoms with E-state index in [1.807, 2.05) is 11.8 Å². The fraction of sp³-hybridized carbons (Fsp3) is 0.429. The number of carbonyl (C=O) groups excluding carboxylic acids is 2. The van der Waals surface area contributed by atoms with Gasteiger partial charge in [-0.1, -0.05) is 23.7 Å². The molecule has 1 fully saturated rings. The molecule has 1 aromatic carbocycles. The number of amides is 2. The Labute approximate surface area is 117 Å². The highest BCUT2D eigenvalue weighted by atomic mass is 35.5. The summed E-state index contributed by atoms with van der Waals surface area (Å²) < 4.78 is 0. The number of nitrogens with one attached hydrogen (secondary N) is 1. The summed E-state index contributed by atoms with van der Waals surface area (Å²) in [6, 6.07) is 7.06. The molecule has 0 aliphatic carbocycles. The Morgan fingerprint density at radius 3 is 2.79 bits per heavy atom. The standard InChI is InChI=1S/C14H17ClN2O2/c1-10-5-4-8-17(10)13(18)9-16-14(19)11-6-2-3-7-12(11)15/h2-3,6-7,10H,4-5,8-9H2,1H3,(H,16,19)/t10-/m1/s1. The van der Waals surface area contributed by atoms with Gasteiger partial charge in [0, 0.05) is 12.6 Å². The minimum absolute atomic E-state index is 0.0222. The average Bonchev–Trinajstić information content (AvgIpc) is 2.82. The number of rotatable bonds is 3. The molecule has 1 aliphatic rings. The molecule has 0 spiro atoms. The minimum atomic E-state index is -0.314. The molecule has 102 valence electrons. The molecule has 0 radical (unpaired) electrons. The van der Waals surface area contributed by atoms with Gasteiger partial charge in [0.25, 0.3) is 5.91 Å². The van der Waals surface area contributed by atoms with Gasteiger partial charge in [-0.2, -0.15) is 0 Å². The maximum atomic E-state index is 12.0. The van der Waals surface area contributed by atoms with Gasteiger partial charge in [0.05, 0.1) is 17.1 Å². The first-order valence-electron chi connectivity index (χ1n) is 6.42. The number of halogens is 1. The summed E-state index contributed by atoms with van der Waals surface area (Å²) in [7, 11) is 0. The van der Waals surface area contributed by atoms with Crippen molar-refractivity contribution in [3.63, 3.8) is 0 Å². The van der Waals surface area contributed by atoms with Crippen molar-refractivity contribution in [2.45, 2.75) is 25.8 Å². The van der Waals surface area contributed by atoms with Crippen LogP contribution in [0.2, 0.25) is 5.02 Å². The van der Waals surface area contributed by atoms with E-state index in [1.165, 1.54) is 0 Å². The van der Waals surface area contributed by atoms with Crippen LogP contribution in [0.15, 0.2) is 24.3 Å². The Balaban J connectivity index is 1.90. The largest absolute Gasteiger partial charge is 0.343 e. The van der Waals surface area contributed by atoms with Crippen LogP contribution < -0.4 is 5.32 Å². The molecule has 1 aromatic rings. The number of carbonyl (C=O) groups is 2. The lowest BCUT2D eigenvalue weighted by atomic mass is 10.2. The van der Waals surface area contributed by atoms with Crippen molar-refractivity contribution in [1.82, 2.24) is 10.2 Å². The minimum Gasteiger partial charge on any atom is -0.343 e. The SMILES string of the molecule is C[C@@H]1CCCN1C(=O)CNC(=O)c1ccccc1Cl. The van der Waals surface area contributed by atoms with Crippen LogP contribution in [0.5, 0.6) is 0 Å². The maximum absolute atomic E-state index is 12.0. The van der Waals surface area contributed by atoms with Crippen LogP contribution in [0.1, 0.15) is 30.1 Å². The highest BCUT2D eigenvalue weighted by Gasteiger charge is 2.25. The molecule has 1 atom stereocenters. The van der Waals surface area contributed by atoms with Gasteiger partial charge in [-0.25, -0.2) is 0 Å². The molecule has 1 N–H and O–H groups in total. The van der Waals surface area contributed by atoms with Crippen LogP contribution in [0, 0.1) is 0 Å². The van der Waals surface area contributed by atoms with E-state index in [-0.39, 0.29) is 24.4 Å². The Bertz CT molecular complexity index is 490. The second-order valence-corrected chi connectivity index (χ2v) is 5.15. The van der Waals surface area contributed by atoms with E-state index in [0.717, 1.165) is 19.4 Å². The fourth-order valence-corrected chi connectivity index (χ4v) is 2.52. The van der Waals surface area contributed by atoms with E-state index < -0.39 is 0 Å². The van der Waals surface area contributed by atoms with Crippen LogP contribution >= 0.6 is 11.6 Å². The molecule has 0 unspecified atom stereocenters. The summed E-state index contributed by atoms with van der Waals surface area (Å²) in [5, 5.41) is 3.01. The molecule has 0 bridgehead atoms. The van der Waals surface area contributed by atoms with E-state index in [2.05, 4.69) is 5.32 Å². The third-order valence-corrected chi connectivity index (χ3v) is 3.72. The smallest absolute Gasteiger partial charge is 0.253 e. The van der Waals surface area contributed by atoms with Crippen LogP contribution in [-0.4, -0.2) is 35.8 Å². The number of likely N-dealkylation sites (tertiary alicyclic amines) is 1. The molecule has 1 heterocycles. The lowest BCUT2D eigenvalue weighted by Gasteiger charge is -2.21. The molecular formula is C14H17ClN2O2. The summed E-state index contributed by atoms with van der Waals surface area (Å²) in [5.74, 6) is -0.351. The van der Waals surface area contributed by atoms with Crippen molar-refractivity contribution in [3.05, 3.63) is 34.9 Å². The van der Waals surface area contributed by atoms with Crippen molar-refractivity contribution in [2.75, 3.05) is 13.1 Å². The van der Waals surface area contributed by atoms with E-state index >= 15 is 0 Å². The van der Waals surface area contributed by atoms with Crippen LogP contribution in [0.25, 0.3) is 0 Å². The summed E-state index contributed by atoms with van der Waals surface area (Å²) in [4.78, 5) is 25.7. The van der Waals surface area contributed by atoms with E-state index in [0.29, 0.717) is 10.6 Å². The van der Waals surface area contributed by atoms with Gasteiger partial charge in [0.15, 0.2) is 0 Å². The molecule has 1 aliphatic heterocycles. The van der Waals surface area contributed by atoms with E-state index in [1.54, 1.807) is 24.3 Å². The first kappa shape index (κ1) is 13.9. The Hall–Kier alpha value is -1.55. The van der Waals surface area contributed by atoms with Gasteiger partial charge in [-0.15, -0.1) is 0 Å². The molecule has 2 rings (SSSR count). The first-order valence-corrected chi connectivity index (χ1v) is 6.79. The molecule has 0 aromatic heterocycles. The third kappa shape index (κ3) is 3.26. The topological polar surface area (TPSA) is 49.4 Å². The predicted octanol–water partition coefficient (Wildman–Crippen LogP) is 2.08. The van der Waals surface area contributed by atoms with Crippen LogP contribution in [0.4, 0.5) is 0 Å². The predicted molar refractivity (Wildman–Crippen MR) is 74.2 cm³/mol. The number of nitrogens with zero attached hydrogens (tertiary/aromatic N) is 1. The number of hydrogen-bond acceptors (Lipinski definition) is 2. The molecule has 2 amide bonds. The zero-order chi connectivity index (χ0) is 13.8. The van der Waals surface area contributed by atoms with Gasteiger partial charge < -0.3 is 10.2 Å². The Morgan fingerprint density at radius 1 is 1.42 bits per heavy atom. The highest BCUT2D eigenvalue weighted by molar-refractivity contribution is 6.33. The van der Waals surface area contributed by atoms with Gasteiger partial charge in [0.2, 0.25) is 5.91 Å². The van der Waals surface area contributed by atoms with Gasteiger partial charge >= 0.3 is 0 Å². The molecule has 19 heavy (non-hydrogen) atoms. The average molecular weight is 281 g/mol. The number of hydrogen-bond donors (Lipinski definition) is 1. The van der Waals surface area contributed by atoms with Crippen LogP contribution in [0.3, 0.4) is 0 Å². The highest BCUT2D eigenvalue weighted by Crippen LogP contribution is 2.16. The summed E-state index contributed by atoms with van der Waals surface area (Å²) in [5.41, 5.74) is 0.395. The Morgan fingerprint density at radius 2 is 2.16 bits per heavy atom. The zero-order valence-electron chi connectivity index (χ0n) is 10.9. The molecule has 4 nitrogen and oxygen atoms in total.